The van der Waals surface area contributed by atoms with E-state index in [9.17, 15) is 0 Å². The van der Waals surface area contributed by atoms with Crippen LogP contribution < -0.4 is 26.2 Å². The minimum Gasteiger partial charge on any atom is -0.311 e. The topological polar surface area (TPSA) is 6.48 Å². The highest BCUT2D eigenvalue weighted by Crippen LogP contribution is 2.51. The highest BCUT2D eigenvalue weighted by atomic mass is 32.2. The molecule has 2 nitrogen and oxygen atoms in total. The summed E-state index contributed by atoms with van der Waals surface area (Å²) in [6.07, 6.45) is 13.1. The molecule has 0 amide bonds. The van der Waals surface area contributed by atoms with Crippen LogP contribution in [0.25, 0.3) is 22.3 Å². The van der Waals surface area contributed by atoms with Crippen LogP contribution in [-0.2, 0) is 0 Å². The van der Waals surface area contributed by atoms with Gasteiger partial charge in [-0.25, -0.2) is 0 Å². The molecule has 0 saturated heterocycles. The number of rotatable bonds is 8. The van der Waals surface area contributed by atoms with E-state index in [1.54, 1.807) is 0 Å². The number of aryl methyl sites for hydroxylation is 5. The molecule has 4 aliphatic rings. The van der Waals surface area contributed by atoms with Gasteiger partial charge in [-0.15, -0.1) is 0 Å². The number of fused-ring (bicyclic) bond motifs is 4. The van der Waals surface area contributed by atoms with Crippen LogP contribution in [0.5, 0.6) is 0 Å². The summed E-state index contributed by atoms with van der Waals surface area (Å²) in [5.41, 5.74) is 26.4. The lowest BCUT2D eigenvalue weighted by Crippen LogP contribution is -2.61. The maximum atomic E-state index is 2.68. The Hall–Kier alpha value is -6.23. The molecule has 4 heteroatoms. The summed E-state index contributed by atoms with van der Waals surface area (Å²) in [6.45, 7) is 11.3. The Morgan fingerprint density at radius 3 is 1.29 bits per heavy atom. The molecule has 2 heterocycles. The molecule has 0 radical (unpaired) electrons. The summed E-state index contributed by atoms with van der Waals surface area (Å²) in [7, 11) is 0. The van der Waals surface area contributed by atoms with Crippen molar-refractivity contribution in [3.63, 3.8) is 0 Å². The quantitative estimate of drug-likeness (QED) is 0.140. The first-order valence-electron chi connectivity index (χ1n) is 25.9. The Kier molecular flexibility index (Phi) is 11.6. The van der Waals surface area contributed by atoms with E-state index in [4.69, 9.17) is 0 Å². The van der Waals surface area contributed by atoms with E-state index in [0.29, 0.717) is 11.8 Å². The highest BCUT2D eigenvalue weighted by molar-refractivity contribution is 7.99. The molecule has 0 atom stereocenters. The first-order chi connectivity index (χ1) is 33.8. The minimum atomic E-state index is 0.0534. The van der Waals surface area contributed by atoms with Gasteiger partial charge in [-0.1, -0.05) is 176 Å². The monoisotopic (exact) mass is 914 g/mol. The van der Waals surface area contributed by atoms with Crippen molar-refractivity contribution in [1.29, 1.82) is 0 Å². The SMILES string of the molecule is Cc1cc(C)c(Sc2cc3c4c(c2)N(c2ccc(C)cc2-c2ccccc2)c2ccc(C5CCCCC5)cc2B4c2cc(C4CCCCC4)ccc2N3c2ccc(C)cc2-c2ccccc2)c(C)c1. The number of nitrogens with zero attached hydrogens (tertiary/aromatic N) is 2. The molecule has 2 aliphatic heterocycles. The van der Waals surface area contributed by atoms with Crippen LogP contribution in [0, 0.1) is 34.6 Å². The third kappa shape index (κ3) is 8.03. The first kappa shape index (κ1) is 44.0. The molecule has 0 N–H and O–H groups in total. The highest BCUT2D eigenvalue weighted by Gasteiger charge is 2.45. The van der Waals surface area contributed by atoms with E-state index in [1.165, 1.54) is 186 Å². The van der Waals surface area contributed by atoms with Crippen LogP contribution in [0.1, 0.15) is 115 Å². The molecule has 0 bridgehead atoms. The Morgan fingerprint density at radius 1 is 0.406 bits per heavy atom. The molecule has 8 aromatic carbocycles. The van der Waals surface area contributed by atoms with E-state index in [2.05, 4.69) is 202 Å². The molecular weight excluding hydrogens is 852 g/mol. The van der Waals surface area contributed by atoms with Crippen LogP contribution in [0.4, 0.5) is 34.1 Å². The fourth-order valence-electron chi connectivity index (χ4n) is 12.8. The standard InChI is InChI=1S/C65H63BN2S/c1-42-26-30-58(54(36-42)49-22-14-8-15-23-49)67-60-32-28-51(47-18-10-6-11-19-47)38-56(60)66-57-39-52(48-20-12-7-13-21-48)29-33-61(57)68(59-31-27-43(2)37-55(59)50-24-16-9-17-25-50)63-41-53(40-62(67)64(63)66)69-65-45(4)34-44(3)35-46(65)5/h8-9,14-17,22-41,47-48H,6-7,10-13,18-21H2,1-5H3. The van der Waals surface area contributed by atoms with Crippen molar-refractivity contribution in [3.05, 3.63) is 197 Å². The molecule has 69 heavy (non-hydrogen) atoms. The zero-order valence-corrected chi connectivity index (χ0v) is 41.9. The van der Waals surface area contributed by atoms with Crippen molar-refractivity contribution in [2.45, 2.75) is 120 Å². The maximum absolute atomic E-state index is 2.68. The van der Waals surface area contributed by atoms with Gasteiger partial charge in [-0.05, 0) is 170 Å². The summed E-state index contributed by atoms with van der Waals surface area (Å²) in [5, 5.41) is 0. The van der Waals surface area contributed by atoms with E-state index >= 15 is 0 Å². The molecule has 0 unspecified atom stereocenters. The summed E-state index contributed by atoms with van der Waals surface area (Å²) >= 11 is 1.93. The second kappa shape index (κ2) is 18.3. The Bertz CT molecular complexity index is 3030. The summed E-state index contributed by atoms with van der Waals surface area (Å²) in [5.74, 6) is 1.18. The lowest BCUT2D eigenvalue weighted by Gasteiger charge is -2.45. The van der Waals surface area contributed by atoms with Crippen LogP contribution in [0.3, 0.4) is 0 Å². The minimum absolute atomic E-state index is 0.0534. The van der Waals surface area contributed by atoms with E-state index in [1.807, 2.05) is 11.8 Å². The van der Waals surface area contributed by atoms with Gasteiger partial charge in [0.25, 0.3) is 6.71 Å². The van der Waals surface area contributed by atoms with Gasteiger partial charge < -0.3 is 9.80 Å². The van der Waals surface area contributed by atoms with Crippen molar-refractivity contribution in [2.75, 3.05) is 9.80 Å². The summed E-state index contributed by atoms with van der Waals surface area (Å²) < 4.78 is 0. The molecule has 2 saturated carbocycles. The molecule has 12 rings (SSSR count). The second-order valence-electron chi connectivity index (χ2n) is 20.9. The van der Waals surface area contributed by atoms with Gasteiger partial charge in [0.15, 0.2) is 0 Å². The molecule has 2 aliphatic carbocycles. The molecule has 342 valence electrons. The third-order valence-electron chi connectivity index (χ3n) is 16.0. The smallest absolute Gasteiger partial charge is 0.252 e. The van der Waals surface area contributed by atoms with Crippen molar-refractivity contribution >= 4 is 69.0 Å². The molecule has 0 spiro atoms. The van der Waals surface area contributed by atoms with Crippen molar-refractivity contribution in [1.82, 2.24) is 0 Å². The molecule has 8 aromatic rings. The van der Waals surface area contributed by atoms with Crippen LogP contribution >= 0.6 is 11.8 Å². The maximum Gasteiger partial charge on any atom is 0.252 e. The predicted octanol–water partition coefficient (Wildman–Crippen LogP) is 16.9. The predicted molar refractivity (Wildman–Crippen MR) is 297 cm³/mol. The summed E-state index contributed by atoms with van der Waals surface area (Å²) in [4.78, 5) is 7.94. The second-order valence-corrected chi connectivity index (χ2v) is 22.0. The van der Waals surface area contributed by atoms with Gasteiger partial charge in [-0.3, -0.25) is 0 Å². The molecule has 0 aromatic heterocycles. The average molecular weight is 915 g/mol. The fourth-order valence-corrected chi connectivity index (χ4v) is 13.8. The van der Waals surface area contributed by atoms with Crippen LogP contribution in [-0.4, -0.2) is 6.71 Å². The van der Waals surface area contributed by atoms with Gasteiger partial charge in [0, 0.05) is 43.7 Å². The number of hydrogen-bond acceptors (Lipinski definition) is 3. The van der Waals surface area contributed by atoms with Gasteiger partial charge in [0.05, 0.1) is 11.4 Å². The number of benzene rings is 8. The van der Waals surface area contributed by atoms with Crippen molar-refractivity contribution in [2.24, 2.45) is 0 Å². The van der Waals surface area contributed by atoms with Gasteiger partial charge in [-0.2, -0.15) is 0 Å². The Morgan fingerprint density at radius 2 is 0.841 bits per heavy atom. The zero-order chi connectivity index (χ0) is 46.8. The number of anilines is 6. The van der Waals surface area contributed by atoms with E-state index in [0.717, 1.165) is 0 Å². The normalized spacial score (nSPS) is 15.8. The lowest BCUT2D eigenvalue weighted by molar-refractivity contribution is 0.444. The van der Waals surface area contributed by atoms with Crippen molar-refractivity contribution < 1.29 is 0 Å². The van der Waals surface area contributed by atoms with E-state index < -0.39 is 0 Å². The average Bonchev–Trinajstić information content (AvgIpc) is 3.38. The fraction of sp³-hybridized carbons (Fsp3) is 0.262. The lowest BCUT2D eigenvalue weighted by atomic mass is 9.33. The summed E-state index contributed by atoms with van der Waals surface area (Å²) in [6, 6.07) is 61.7. The molecule has 2 fully saturated rings. The van der Waals surface area contributed by atoms with Gasteiger partial charge in [0.1, 0.15) is 0 Å². The largest absolute Gasteiger partial charge is 0.311 e. The first-order valence-corrected chi connectivity index (χ1v) is 26.7. The van der Waals surface area contributed by atoms with E-state index in [-0.39, 0.29) is 6.71 Å². The van der Waals surface area contributed by atoms with Crippen LogP contribution in [0.15, 0.2) is 168 Å². The zero-order valence-electron chi connectivity index (χ0n) is 41.1. The Balaban J connectivity index is 1.20. The van der Waals surface area contributed by atoms with Gasteiger partial charge in [0.2, 0.25) is 0 Å². The molecular formula is C65H63BN2S. The number of hydrogen-bond donors (Lipinski definition) is 0. The van der Waals surface area contributed by atoms with Gasteiger partial charge >= 0.3 is 0 Å². The van der Waals surface area contributed by atoms with Crippen molar-refractivity contribution in [3.8, 4) is 22.3 Å². The Labute approximate surface area is 415 Å². The van der Waals surface area contributed by atoms with Crippen LogP contribution in [0.2, 0.25) is 0 Å². The third-order valence-corrected chi connectivity index (χ3v) is 17.3.